The highest BCUT2D eigenvalue weighted by atomic mass is 35.5. The molecule has 1 aromatic carbocycles. The number of nitrogens with one attached hydrogen (secondary N) is 2. The van der Waals surface area contributed by atoms with Gasteiger partial charge >= 0.3 is 0 Å². The summed E-state index contributed by atoms with van der Waals surface area (Å²) in [5.41, 5.74) is 2.06. The molecule has 0 aliphatic carbocycles. The van der Waals surface area contributed by atoms with Crippen molar-refractivity contribution in [1.82, 2.24) is 15.5 Å². The van der Waals surface area contributed by atoms with Crippen molar-refractivity contribution < 1.29 is 4.79 Å². The Morgan fingerprint density at radius 1 is 1.41 bits per heavy atom. The second kappa shape index (κ2) is 10.2. The molecule has 0 saturated carbocycles. The zero-order valence-electron chi connectivity index (χ0n) is 16.5. The summed E-state index contributed by atoms with van der Waals surface area (Å²) in [4.78, 5) is 20.2. The molecule has 0 aromatic heterocycles. The largest absolute Gasteiger partial charge is 0.368 e. The first-order valence-corrected chi connectivity index (χ1v) is 9.63. The van der Waals surface area contributed by atoms with Crippen LogP contribution in [-0.2, 0) is 4.79 Å². The first kappa shape index (κ1) is 21.1. The first-order valence-electron chi connectivity index (χ1n) is 9.25. The van der Waals surface area contributed by atoms with Crippen molar-refractivity contribution >= 4 is 29.2 Å². The van der Waals surface area contributed by atoms with Crippen molar-refractivity contribution in [3.63, 3.8) is 0 Å². The molecule has 27 heavy (non-hydrogen) atoms. The van der Waals surface area contributed by atoms with Crippen molar-refractivity contribution in [1.29, 1.82) is 0 Å². The topological polar surface area (TPSA) is 60.0 Å². The average molecular weight is 392 g/mol. The van der Waals surface area contributed by atoms with Crippen LogP contribution < -0.4 is 15.5 Å². The fraction of sp³-hybridized carbons (Fsp3) is 0.500. The van der Waals surface area contributed by atoms with E-state index in [1.807, 2.05) is 25.1 Å². The van der Waals surface area contributed by atoms with Crippen LogP contribution in [0.3, 0.4) is 0 Å². The third-order valence-electron chi connectivity index (χ3n) is 4.38. The van der Waals surface area contributed by atoms with Crippen LogP contribution in [0.5, 0.6) is 0 Å². The summed E-state index contributed by atoms with van der Waals surface area (Å²) in [5.74, 6) is 0.604. The third-order valence-corrected chi connectivity index (χ3v) is 4.70. The van der Waals surface area contributed by atoms with Crippen LogP contribution in [0.15, 0.2) is 41.4 Å². The Morgan fingerprint density at radius 3 is 2.81 bits per heavy atom. The van der Waals surface area contributed by atoms with Gasteiger partial charge in [0, 0.05) is 39.8 Å². The molecule has 2 N–H and O–H groups in total. The van der Waals surface area contributed by atoms with E-state index in [4.69, 9.17) is 11.6 Å². The fourth-order valence-electron chi connectivity index (χ4n) is 2.89. The first-order chi connectivity index (χ1) is 12.9. The summed E-state index contributed by atoms with van der Waals surface area (Å²) in [6.07, 6.45) is 2.10. The molecular weight excluding hydrogens is 362 g/mol. The summed E-state index contributed by atoms with van der Waals surface area (Å²) in [5, 5.41) is 7.49. The Labute approximate surface area is 167 Å². The lowest BCUT2D eigenvalue weighted by Crippen LogP contribution is -2.51. The predicted octanol–water partition coefficient (Wildman–Crippen LogP) is 2.51. The number of carbonyl (C=O) groups excluding carboxylic acids is 1. The van der Waals surface area contributed by atoms with E-state index in [1.54, 1.807) is 19.0 Å². The Bertz CT molecular complexity index is 689. The number of para-hydroxylation sites is 1. The van der Waals surface area contributed by atoms with Crippen LogP contribution in [0.2, 0.25) is 5.02 Å². The fourth-order valence-corrected chi connectivity index (χ4v) is 3.15. The van der Waals surface area contributed by atoms with Gasteiger partial charge in [-0.15, -0.1) is 0 Å². The molecule has 1 fully saturated rings. The molecule has 0 spiro atoms. The van der Waals surface area contributed by atoms with E-state index < -0.39 is 0 Å². The third kappa shape index (κ3) is 6.79. The quantitative estimate of drug-likeness (QED) is 0.444. The highest BCUT2D eigenvalue weighted by Crippen LogP contribution is 2.27. The summed E-state index contributed by atoms with van der Waals surface area (Å²) in [6.45, 7) is 8.41. The van der Waals surface area contributed by atoms with Gasteiger partial charge in [-0.25, -0.2) is 4.99 Å². The van der Waals surface area contributed by atoms with Crippen LogP contribution in [-0.4, -0.2) is 63.1 Å². The lowest BCUT2D eigenvalue weighted by atomic mass is 10.0. The molecule has 148 valence electrons. The summed E-state index contributed by atoms with van der Waals surface area (Å²) >= 11 is 6.36. The number of halogens is 1. The van der Waals surface area contributed by atoms with Crippen molar-refractivity contribution in [2.24, 2.45) is 4.99 Å². The number of amides is 1. The lowest BCUT2D eigenvalue weighted by Gasteiger charge is -2.36. The summed E-state index contributed by atoms with van der Waals surface area (Å²) in [6, 6.07) is 8.14. The smallest absolute Gasteiger partial charge is 0.243 e. The van der Waals surface area contributed by atoms with E-state index in [0.717, 1.165) is 42.2 Å². The van der Waals surface area contributed by atoms with Gasteiger partial charge in [-0.2, -0.15) is 0 Å². The summed E-state index contributed by atoms with van der Waals surface area (Å²) < 4.78 is 0. The number of aliphatic imine (C=N–C) groups is 1. The zero-order chi connectivity index (χ0) is 19.8. The Morgan fingerprint density at radius 2 is 2.15 bits per heavy atom. The van der Waals surface area contributed by atoms with Crippen molar-refractivity contribution in [2.45, 2.75) is 25.8 Å². The molecule has 1 heterocycles. The molecule has 1 aliphatic heterocycles. The zero-order valence-corrected chi connectivity index (χ0v) is 17.2. The maximum absolute atomic E-state index is 11.9. The molecule has 0 radical (unpaired) electrons. The number of guanidine groups is 1. The maximum Gasteiger partial charge on any atom is 0.243 e. The molecule has 1 unspecified atom stereocenters. The van der Waals surface area contributed by atoms with E-state index in [-0.39, 0.29) is 18.5 Å². The van der Waals surface area contributed by atoms with E-state index in [2.05, 4.69) is 33.2 Å². The van der Waals surface area contributed by atoms with Crippen LogP contribution in [0, 0.1) is 0 Å². The van der Waals surface area contributed by atoms with Gasteiger partial charge in [-0.05, 0) is 31.9 Å². The molecular formula is C20H30ClN5O. The average Bonchev–Trinajstić information content (AvgIpc) is 2.64. The Kier molecular flexibility index (Phi) is 7.98. The highest BCUT2D eigenvalue weighted by molar-refractivity contribution is 6.33. The van der Waals surface area contributed by atoms with Gasteiger partial charge in [0.1, 0.15) is 6.54 Å². The van der Waals surface area contributed by atoms with Gasteiger partial charge < -0.3 is 20.4 Å². The van der Waals surface area contributed by atoms with Gasteiger partial charge in [-0.3, -0.25) is 4.79 Å². The number of hydrogen-bond donors (Lipinski definition) is 2. The molecule has 6 nitrogen and oxygen atoms in total. The van der Waals surface area contributed by atoms with Crippen molar-refractivity contribution in [3.8, 4) is 0 Å². The minimum absolute atomic E-state index is 0.0345. The van der Waals surface area contributed by atoms with Gasteiger partial charge in [-0.1, -0.05) is 35.9 Å². The van der Waals surface area contributed by atoms with E-state index in [0.29, 0.717) is 12.5 Å². The number of likely N-dealkylation sites (N-methyl/N-ethyl adjacent to an activating group) is 1. The molecule has 1 amide bonds. The van der Waals surface area contributed by atoms with Crippen molar-refractivity contribution in [2.75, 3.05) is 45.2 Å². The number of nitrogens with zero attached hydrogens (tertiary/aromatic N) is 3. The standard InChI is InChI=1S/C20H30ClN5O/c1-15(2)12-22-20(23-13-19(27)25(3)4)24-16-8-7-11-26(14-16)18-10-6-5-9-17(18)21/h5-6,9-10,16H,1,7-8,11-14H2,2-4H3,(H2,22,23,24). The number of carbonyl (C=O) groups is 1. The molecule has 7 heteroatoms. The number of anilines is 1. The normalized spacial score (nSPS) is 17.4. The lowest BCUT2D eigenvalue weighted by molar-refractivity contribution is -0.127. The van der Waals surface area contributed by atoms with Gasteiger partial charge in [0.15, 0.2) is 5.96 Å². The van der Waals surface area contributed by atoms with Crippen LogP contribution >= 0.6 is 11.6 Å². The van der Waals surface area contributed by atoms with E-state index in [9.17, 15) is 4.79 Å². The molecule has 1 saturated heterocycles. The highest BCUT2D eigenvalue weighted by Gasteiger charge is 2.22. The summed E-state index contributed by atoms with van der Waals surface area (Å²) in [7, 11) is 3.46. The number of piperidine rings is 1. The monoisotopic (exact) mass is 391 g/mol. The molecule has 1 atom stereocenters. The van der Waals surface area contributed by atoms with Crippen LogP contribution in [0.1, 0.15) is 19.8 Å². The Balaban J connectivity index is 2.04. The van der Waals surface area contributed by atoms with E-state index in [1.165, 1.54) is 0 Å². The van der Waals surface area contributed by atoms with Crippen LogP contribution in [0.4, 0.5) is 5.69 Å². The number of hydrogen-bond acceptors (Lipinski definition) is 3. The maximum atomic E-state index is 11.9. The van der Waals surface area contributed by atoms with Crippen molar-refractivity contribution in [3.05, 3.63) is 41.4 Å². The second-order valence-electron chi connectivity index (χ2n) is 7.14. The minimum atomic E-state index is -0.0345. The second-order valence-corrected chi connectivity index (χ2v) is 7.55. The number of rotatable bonds is 6. The Hall–Kier alpha value is -2.21. The number of benzene rings is 1. The van der Waals surface area contributed by atoms with Gasteiger partial charge in [0.05, 0.1) is 10.7 Å². The van der Waals surface area contributed by atoms with Gasteiger partial charge in [0.25, 0.3) is 0 Å². The molecule has 1 aliphatic rings. The molecule has 2 rings (SSSR count). The van der Waals surface area contributed by atoms with E-state index >= 15 is 0 Å². The predicted molar refractivity (Wildman–Crippen MR) is 114 cm³/mol. The molecule has 1 aromatic rings. The molecule has 0 bridgehead atoms. The van der Waals surface area contributed by atoms with Gasteiger partial charge in [0.2, 0.25) is 5.91 Å². The minimum Gasteiger partial charge on any atom is -0.368 e. The van der Waals surface area contributed by atoms with Crippen LogP contribution in [0.25, 0.3) is 0 Å². The SMILES string of the molecule is C=C(C)CNC(=NCC(=O)N(C)C)NC1CCCN(c2ccccc2Cl)C1.